The second-order valence-corrected chi connectivity index (χ2v) is 10.1. The van der Waals surface area contributed by atoms with Crippen molar-refractivity contribution in [2.24, 2.45) is 11.8 Å². The van der Waals surface area contributed by atoms with Crippen molar-refractivity contribution >= 4 is 15.9 Å². The molecule has 164 valence electrons. The molecule has 1 N–H and O–H groups in total. The molecule has 0 aliphatic carbocycles. The van der Waals surface area contributed by atoms with Crippen LogP contribution in [-0.4, -0.2) is 51.2 Å². The van der Waals surface area contributed by atoms with E-state index in [2.05, 4.69) is 19.2 Å². The van der Waals surface area contributed by atoms with Gasteiger partial charge in [0.05, 0.1) is 19.5 Å². The molecule has 1 amide bonds. The van der Waals surface area contributed by atoms with E-state index >= 15 is 0 Å². The molecule has 1 aliphatic heterocycles. The number of amides is 1. The lowest BCUT2D eigenvalue weighted by molar-refractivity contribution is -0.126. The zero-order chi connectivity index (χ0) is 21.4. The second-order valence-electron chi connectivity index (χ2n) is 7.81. The quantitative estimate of drug-likeness (QED) is 0.622. The highest BCUT2D eigenvalue weighted by Crippen LogP contribution is 2.28. The molecule has 0 aromatic heterocycles. The third-order valence-electron chi connectivity index (χ3n) is 5.23. The minimum Gasteiger partial charge on any atom is -0.493 e. The van der Waals surface area contributed by atoms with Crippen LogP contribution in [0.25, 0.3) is 0 Å². The first-order valence-corrected chi connectivity index (χ1v) is 11.9. The third-order valence-corrected chi connectivity index (χ3v) is 7.11. The Kier molecular flexibility index (Phi) is 8.77. The first-order valence-electron chi connectivity index (χ1n) is 10.3. The molecule has 1 heterocycles. The van der Waals surface area contributed by atoms with Gasteiger partial charge in [-0.25, -0.2) is 12.7 Å². The minimum absolute atomic E-state index is 0.0326. The molecule has 29 heavy (non-hydrogen) atoms. The average molecular weight is 427 g/mol. The summed E-state index contributed by atoms with van der Waals surface area (Å²) in [7, 11) is -1.57. The monoisotopic (exact) mass is 426 g/mol. The normalized spacial score (nSPS) is 16.0. The summed E-state index contributed by atoms with van der Waals surface area (Å²) < 4.78 is 36.6. The fourth-order valence-corrected chi connectivity index (χ4v) is 4.39. The second kappa shape index (κ2) is 10.8. The summed E-state index contributed by atoms with van der Waals surface area (Å²) in [4.78, 5) is 12.5. The molecule has 1 aromatic carbocycles. The first-order chi connectivity index (χ1) is 13.8. The highest BCUT2D eigenvalue weighted by Gasteiger charge is 2.30. The molecule has 0 radical (unpaired) electrons. The first kappa shape index (κ1) is 23.5. The lowest BCUT2D eigenvalue weighted by Crippen LogP contribution is -2.43. The highest BCUT2D eigenvalue weighted by atomic mass is 32.2. The minimum atomic E-state index is -3.17. The van der Waals surface area contributed by atoms with Gasteiger partial charge < -0.3 is 14.8 Å². The fraction of sp³-hybridized carbons (Fsp3) is 0.667. The Bertz CT molecular complexity index is 771. The van der Waals surface area contributed by atoms with E-state index in [1.54, 1.807) is 14.0 Å². The van der Waals surface area contributed by atoms with Gasteiger partial charge in [0.15, 0.2) is 11.5 Å². The largest absolute Gasteiger partial charge is 0.493 e. The number of sulfonamides is 1. The molecule has 0 spiro atoms. The topological polar surface area (TPSA) is 84.9 Å². The molecule has 0 unspecified atom stereocenters. The molecule has 0 bridgehead atoms. The molecule has 1 aliphatic rings. The number of rotatable bonds is 10. The van der Waals surface area contributed by atoms with Gasteiger partial charge in [-0.05, 0) is 49.8 Å². The van der Waals surface area contributed by atoms with E-state index in [-0.39, 0.29) is 17.6 Å². The average Bonchev–Trinajstić information content (AvgIpc) is 2.72. The zero-order valence-corrected chi connectivity index (χ0v) is 18.8. The van der Waals surface area contributed by atoms with Crippen LogP contribution in [0.15, 0.2) is 18.2 Å². The molecular weight excluding hydrogens is 392 g/mol. The summed E-state index contributed by atoms with van der Waals surface area (Å²) in [6.45, 7) is 7.79. The van der Waals surface area contributed by atoms with Crippen LogP contribution in [-0.2, 0) is 21.4 Å². The zero-order valence-electron chi connectivity index (χ0n) is 17.9. The van der Waals surface area contributed by atoms with Crippen molar-refractivity contribution in [1.82, 2.24) is 9.62 Å². The molecule has 0 atom stereocenters. The predicted molar refractivity (Wildman–Crippen MR) is 114 cm³/mol. The lowest BCUT2D eigenvalue weighted by atomic mass is 9.97. The van der Waals surface area contributed by atoms with E-state index in [0.29, 0.717) is 56.5 Å². The maximum Gasteiger partial charge on any atom is 0.223 e. The van der Waals surface area contributed by atoms with Gasteiger partial charge in [0, 0.05) is 25.6 Å². The van der Waals surface area contributed by atoms with Crippen molar-refractivity contribution in [1.29, 1.82) is 0 Å². The van der Waals surface area contributed by atoms with Crippen LogP contribution in [0.1, 0.15) is 45.6 Å². The van der Waals surface area contributed by atoms with E-state index in [4.69, 9.17) is 9.47 Å². The van der Waals surface area contributed by atoms with Gasteiger partial charge >= 0.3 is 0 Å². The lowest BCUT2D eigenvalue weighted by Gasteiger charge is -2.30. The highest BCUT2D eigenvalue weighted by molar-refractivity contribution is 7.89. The van der Waals surface area contributed by atoms with Gasteiger partial charge in [-0.2, -0.15) is 0 Å². The van der Waals surface area contributed by atoms with Gasteiger partial charge in [0.25, 0.3) is 0 Å². The predicted octanol–water partition coefficient (Wildman–Crippen LogP) is 2.80. The van der Waals surface area contributed by atoms with Crippen molar-refractivity contribution in [2.75, 3.05) is 32.6 Å². The summed E-state index contributed by atoms with van der Waals surface area (Å²) in [5.41, 5.74) is 0.928. The van der Waals surface area contributed by atoms with Crippen molar-refractivity contribution in [3.8, 4) is 11.5 Å². The Morgan fingerprint density at radius 1 is 1.24 bits per heavy atom. The molecule has 1 saturated heterocycles. The maximum absolute atomic E-state index is 12.5. The molecule has 0 saturated carbocycles. The van der Waals surface area contributed by atoms with Crippen molar-refractivity contribution in [3.05, 3.63) is 23.8 Å². The molecule has 8 heteroatoms. The summed E-state index contributed by atoms with van der Waals surface area (Å²) >= 11 is 0. The number of ether oxygens (including phenoxy) is 2. The summed E-state index contributed by atoms with van der Waals surface area (Å²) in [6.07, 6.45) is 2.08. The smallest absolute Gasteiger partial charge is 0.223 e. The van der Waals surface area contributed by atoms with Gasteiger partial charge in [-0.3, -0.25) is 4.79 Å². The Hall–Kier alpha value is -1.80. The molecule has 7 nitrogen and oxygen atoms in total. The van der Waals surface area contributed by atoms with E-state index in [0.717, 1.165) is 12.0 Å². The number of nitrogens with one attached hydrogen (secondary N) is 1. The molecule has 1 fully saturated rings. The maximum atomic E-state index is 12.5. The van der Waals surface area contributed by atoms with E-state index in [1.807, 2.05) is 18.2 Å². The number of hydrogen-bond acceptors (Lipinski definition) is 5. The number of hydrogen-bond donors (Lipinski definition) is 1. The van der Waals surface area contributed by atoms with Crippen LogP contribution in [0.3, 0.4) is 0 Å². The number of carbonyl (C=O) groups is 1. The summed E-state index contributed by atoms with van der Waals surface area (Å²) in [5.74, 6) is 1.84. The number of nitrogens with zero attached hydrogens (tertiary/aromatic N) is 1. The Labute approximate surface area is 174 Å². The Balaban J connectivity index is 1.85. The van der Waals surface area contributed by atoms with E-state index in [9.17, 15) is 13.2 Å². The van der Waals surface area contributed by atoms with Gasteiger partial charge in [0.2, 0.25) is 15.9 Å². The third kappa shape index (κ3) is 6.89. The van der Waals surface area contributed by atoms with Crippen molar-refractivity contribution in [3.63, 3.8) is 0 Å². The van der Waals surface area contributed by atoms with Crippen LogP contribution < -0.4 is 14.8 Å². The van der Waals surface area contributed by atoms with Gasteiger partial charge in [-0.1, -0.05) is 19.9 Å². The SMILES string of the molecule is CCS(=O)(=O)N1CCC(C(=O)NCc2ccc(OCCC(C)C)c(OC)c2)CC1. The molecule has 2 rings (SSSR count). The van der Waals surface area contributed by atoms with Crippen molar-refractivity contribution < 1.29 is 22.7 Å². The Morgan fingerprint density at radius 2 is 1.93 bits per heavy atom. The van der Waals surface area contributed by atoms with Gasteiger partial charge in [0.1, 0.15) is 0 Å². The number of carbonyl (C=O) groups excluding carboxylic acids is 1. The summed E-state index contributed by atoms with van der Waals surface area (Å²) in [6, 6.07) is 5.67. The summed E-state index contributed by atoms with van der Waals surface area (Å²) in [5, 5.41) is 2.96. The standard InChI is InChI=1S/C21H34N2O5S/c1-5-29(25,26)23-11-8-18(9-12-23)21(24)22-15-17-6-7-19(20(14-17)27-4)28-13-10-16(2)3/h6-7,14,16,18H,5,8-13,15H2,1-4H3,(H,22,24). The number of methoxy groups -OCH3 is 1. The van der Waals surface area contributed by atoms with Crippen LogP contribution in [0.4, 0.5) is 0 Å². The van der Waals surface area contributed by atoms with Gasteiger partial charge in [-0.15, -0.1) is 0 Å². The molecular formula is C21H34N2O5S. The van der Waals surface area contributed by atoms with Crippen LogP contribution in [0.5, 0.6) is 11.5 Å². The molecule has 1 aromatic rings. The Morgan fingerprint density at radius 3 is 2.52 bits per heavy atom. The van der Waals surface area contributed by atoms with Crippen LogP contribution in [0, 0.1) is 11.8 Å². The number of piperidine rings is 1. The fourth-order valence-electron chi connectivity index (χ4n) is 3.26. The van der Waals surface area contributed by atoms with Crippen molar-refractivity contribution in [2.45, 2.75) is 46.6 Å². The van der Waals surface area contributed by atoms with Crippen LogP contribution >= 0.6 is 0 Å². The van der Waals surface area contributed by atoms with E-state index in [1.165, 1.54) is 4.31 Å². The van der Waals surface area contributed by atoms with E-state index < -0.39 is 10.0 Å². The number of benzene rings is 1. The van der Waals surface area contributed by atoms with Crippen LogP contribution in [0.2, 0.25) is 0 Å².